The van der Waals surface area contributed by atoms with Gasteiger partial charge in [-0.2, -0.15) is 71.8 Å². The maximum absolute atomic E-state index is 3.30. The van der Waals surface area contributed by atoms with Gasteiger partial charge in [-0.25, -0.2) is 24.3 Å². The van der Waals surface area contributed by atoms with Crippen LogP contribution in [0.4, 0.5) is 0 Å². The monoisotopic (exact) mass is 938 g/mol. The van der Waals surface area contributed by atoms with Crippen LogP contribution in [0, 0.1) is 24.3 Å². The molecule has 4 aromatic carbocycles. The summed E-state index contributed by atoms with van der Waals surface area (Å²) in [6.45, 7) is 18.8. The summed E-state index contributed by atoms with van der Waals surface area (Å²) in [5, 5.41) is 0. The maximum Gasteiger partial charge on any atom is -0.0253 e. The van der Waals surface area contributed by atoms with Gasteiger partial charge in [-0.3, -0.25) is 12.2 Å². The minimum atomic E-state index is 0. The first-order chi connectivity index (χ1) is 25.0. The summed E-state index contributed by atoms with van der Waals surface area (Å²) in [5.74, 6) is 0. The third-order valence-electron chi connectivity index (χ3n) is 8.89. The van der Waals surface area contributed by atoms with Crippen molar-refractivity contribution in [2.45, 2.75) is 103 Å². The number of hydrogen-bond donors (Lipinski definition) is 0. The maximum atomic E-state index is 3.30. The normalized spacial score (nSPS) is 12.4. The first kappa shape index (κ1) is 50.6. The van der Waals surface area contributed by atoms with Crippen LogP contribution in [-0.4, -0.2) is 10.9 Å². The average Bonchev–Trinajstić information content (AvgIpc) is 4.00. The second-order valence-electron chi connectivity index (χ2n) is 14.3. The summed E-state index contributed by atoms with van der Waals surface area (Å²) in [6.07, 6.45) is 22.1. The topological polar surface area (TPSA) is 0 Å². The Balaban J connectivity index is 0.000000335. The van der Waals surface area contributed by atoms with Gasteiger partial charge in [0.05, 0.1) is 0 Å². The number of rotatable bonds is 4. The molecule has 0 fully saturated rings. The molecule has 0 atom stereocenters. The predicted octanol–water partition coefficient (Wildman–Crippen LogP) is 7.42. The van der Waals surface area contributed by atoms with E-state index in [1.807, 2.05) is 36.4 Å². The molecular formula is C48H56Cl2Si2Zr2-2. The summed E-state index contributed by atoms with van der Waals surface area (Å²) in [6, 6.07) is 36.2. The van der Waals surface area contributed by atoms with E-state index in [0.29, 0.717) is 0 Å². The van der Waals surface area contributed by atoms with Gasteiger partial charge in [0.1, 0.15) is 0 Å². The Kier molecular flexibility index (Phi) is 26.3. The van der Waals surface area contributed by atoms with Gasteiger partial charge >= 0.3 is 135 Å². The number of halogens is 2. The van der Waals surface area contributed by atoms with Crippen LogP contribution in [-0.2, 0) is 59.5 Å². The molecule has 0 heterocycles. The summed E-state index contributed by atoms with van der Waals surface area (Å²) in [7, 11) is 0. The van der Waals surface area contributed by atoms with E-state index < -0.39 is 0 Å². The molecule has 0 nitrogen and oxygen atoms in total. The van der Waals surface area contributed by atoms with Gasteiger partial charge in [0, 0.05) is 0 Å². The second kappa shape index (κ2) is 28.1. The first-order valence-electron chi connectivity index (χ1n) is 18.8. The quantitative estimate of drug-likeness (QED) is 0.128. The van der Waals surface area contributed by atoms with Gasteiger partial charge < -0.3 is 24.8 Å². The summed E-state index contributed by atoms with van der Waals surface area (Å²) >= 11 is 3.59. The SMILES string of the molecule is CC(C)[Si](=[Zr+2])C(C)C.CC(C)[Si](=[Zr+2])C(C)C.[C-]1=CC=CC1.[C-]1=CC=CC1.[Cl-].[Cl-].[c-]1cccc2c1Cc1ccccc1-2.[c-]1cccc2c1Cc1ccccc1-2. The van der Waals surface area contributed by atoms with Crippen LogP contribution < -0.4 is 24.8 Å². The molecule has 6 heteroatoms. The van der Waals surface area contributed by atoms with Crippen LogP contribution in [0.15, 0.2) is 121 Å². The average molecular weight is 943 g/mol. The van der Waals surface area contributed by atoms with Gasteiger partial charge in [-0.1, -0.05) is 70.8 Å². The Labute approximate surface area is 372 Å². The summed E-state index contributed by atoms with van der Waals surface area (Å²) in [4.78, 5) is 0. The van der Waals surface area contributed by atoms with E-state index in [2.05, 4.69) is 165 Å². The van der Waals surface area contributed by atoms with Crippen molar-refractivity contribution in [2.24, 2.45) is 0 Å². The smallest absolute Gasteiger partial charge is 0.0253 e. The van der Waals surface area contributed by atoms with Crippen molar-refractivity contribution >= 4 is 10.9 Å². The van der Waals surface area contributed by atoms with Crippen LogP contribution in [0.2, 0.25) is 22.2 Å². The van der Waals surface area contributed by atoms with Gasteiger partial charge in [0.2, 0.25) is 0 Å². The van der Waals surface area contributed by atoms with Crippen molar-refractivity contribution in [3.63, 3.8) is 0 Å². The summed E-state index contributed by atoms with van der Waals surface area (Å²) < 4.78 is 0. The van der Waals surface area contributed by atoms with E-state index in [4.69, 9.17) is 0 Å². The minimum absolute atomic E-state index is 0. The van der Waals surface area contributed by atoms with Crippen LogP contribution in [0.3, 0.4) is 0 Å². The van der Waals surface area contributed by atoms with Gasteiger partial charge in [0.15, 0.2) is 0 Å². The molecule has 0 unspecified atom stereocenters. The van der Waals surface area contributed by atoms with Crippen molar-refractivity contribution in [3.8, 4) is 22.3 Å². The van der Waals surface area contributed by atoms with E-state index in [9.17, 15) is 0 Å². The van der Waals surface area contributed by atoms with E-state index in [0.717, 1.165) is 47.8 Å². The van der Waals surface area contributed by atoms with Crippen molar-refractivity contribution in [1.82, 2.24) is 0 Å². The Morgan fingerprint density at radius 2 is 0.815 bits per heavy atom. The Morgan fingerprint density at radius 3 is 1.07 bits per heavy atom. The minimum Gasteiger partial charge on any atom is -1.00 e. The molecule has 0 amide bonds. The van der Waals surface area contributed by atoms with Crippen LogP contribution in [0.1, 0.15) is 90.5 Å². The second-order valence-corrected chi connectivity index (χ2v) is 29.3. The Hall–Kier alpha value is -1.38. The largest absolute Gasteiger partial charge is 1.00 e. The van der Waals surface area contributed by atoms with E-state index in [1.54, 1.807) is 46.7 Å². The fraction of sp³-hybridized carbons (Fsp3) is 0.333. The molecule has 0 spiro atoms. The molecule has 0 N–H and O–H groups in total. The molecule has 8 rings (SSSR count). The zero-order valence-electron chi connectivity index (χ0n) is 33.4. The molecule has 0 aromatic heterocycles. The van der Waals surface area contributed by atoms with E-state index in [1.165, 1.54) is 44.5 Å². The zero-order chi connectivity index (χ0) is 37.9. The predicted molar refractivity (Wildman–Crippen MR) is 222 cm³/mol. The van der Waals surface area contributed by atoms with Crippen molar-refractivity contribution < 1.29 is 71.5 Å². The van der Waals surface area contributed by atoms with Gasteiger partial charge in [0.25, 0.3) is 0 Å². The molecule has 0 bridgehead atoms. The van der Waals surface area contributed by atoms with Crippen LogP contribution >= 0.6 is 0 Å². The molecule has 54 heavy (non-hydrogen) atoms. The Morgan fingerprint density at radius 1 is 0.481 bits per heavy atom. The fourth-order valence-electron chi connectivity index (χ4n) is 6.01. The molecule has 0 radical (unpaired) electrons. The summed E-state index contributed by atoms with van der Waals surface area (Å²) in [5.41, 5.74) is 15.1. The fourth-order valence-corrected chi connectivity index (χ4v) is 8.68. The van der Waals surface area contributed by atoms with Crippen molar-refractivity contribution in [2.75, 3.05) is 0 Å². The van der Waals surface area contributed by atoms with Crippen molar-refractivity contribution in [1.29, 1.82) is 0 Å². The molecule has 4 aliphatic rings. The molecule has 0 aliphatic heterocycles. The number of fused-ring (bicyclic) bond motifs is 6. The Bertz CT molecular complexity index is 1590. The first-order valence-corrected chi connectivity index (χ1v) is 29.4. The van der Waals surface area contributed by atoms with E-state index in [-0.39, 0.29) is 35.7 Å². The number of hydrogen-bond acceptors (Lipinski definition) is 0. The van der Waals surface area contributed by atoms with Gasteiger partial charge in [-0.15, -0.1) is 24.0 Å². The molecule has 0 saturated carbocycles. The molecule has 0 saturated heterocycles. The van der Waals surface area contributed by atoms with Gasteiger partial charge in [-0.05, 0) is 12.8 Å². The number of allylic oxidation sites excluding steroid dienone is 8. The van der Waals surface area contributed by atoms with Crippen molar-refractivity contribution in [3.05, 3.63) is 168 Å². The number of benzene rings is 4. The third-order valence-corrected chi connectivity index (χ3v) is 30.9. The van der Waals surface area contributed by atoms with Crippen LogP contribution in [0.25, 0.3) is 22.3 Å². The molecule has 4 aromatic rings. The molecular weight excluding hydrogens is 886 g/mol. The van der Waals surface area contributed by atoms with Crippen LogP contribution in [0.5, 0.6) is 0 Å². The standard InChI is InChI=1S/2C13H9.2C6H14Si.2C5H5.2ClH.2Zr/c2*1-3-7-12-10(5-1)9-11-6-2-4-8-13(11)12;2*1-5(2)7-6(3)4;2*1-2-4-5-3-1;;;;/h2*1-5,7-8H,9H2;2*5-6H,1-4H3;2*1-3H,4H2;2*1H;;/q2*-1;;;2*-1;;;2*+2/p-2. The zero-order valence-corrected chi connectivity index (χ0v) is 41.9. The van der Waals surface area contributed by atoms with E-state index >= 15 is 0 Å². The third kappa shape index (κ3) is 17.4. The molecule has 4 aliphatic carbocycles. The molecule has 280 valence electrons.